The first kappa shape index (κ1) is 17.9. The van der Waals surface area contributed by atoms with Gasteiger partial charge in [0.1, 0.15) is 0 Å². The number of halogens is 1. The van der Waals surface area contributed by atoms with E-state index in [1.165, 1.54) is 0 Å². The number of anilines is 1. The smallest absolute Gasteiger partial charge is 0.258 e. The zero-order valence-electron chi connectivity index (χ0n) is 15.9. The first-order valence-electron chi connectivity index (χ1n) is 9.54. The van der Waals surface area contributed by atoms with Crippen LogP contribution in [0.15, 0.2) is 47.1 Å². The molecule has 2 aromatic heterocycles. The standard InChI is InChI=1S/C20H20ClN7O/c1-27(12-17-23-19(29-26-17)14-3-2-4-15(21)11-14)20-25-24-18(28(20)16-5-6-16)13-7-9-22-10-8-13/h2-4,7-9,11,16,22H,5-6,10,12H2,1H3. The highest BCUT2D eigenvalue weighted by atomic mass is 35.5. The third-order valence-electron chi connectivity index (χ3n) is 4.93. The van der Waals surface area contributed by atoms with E-state index in [2.05, 4.69) is 36.3 Å². The highest BCUT2D eigenvalue weighted by molar-refractivity contribution is 6.30. The van der Waals surface area contributed by atoms with Gasteiger partial charge in [-0.2, -0.15) is 4.98 Å². The fourth-order valence-electron chi connectivity index (χ4n) is 3.37. The summed E-state index contributed by atoms with van der Waals surface area (Å²) in [5, 5.41) is 16.9. The fraction of sp³-hybridized carbons (Fsp3) is 0.300. The highest BCUT2D eigenvalue weighted by Gasteiger charge is 2.32. The van der Waals surface area contributed by atoms with Gasteiger partial charge in [0, 0.05) is 35.8 Å². The van der Waals surface area contributed by atoms with E-state index in [1.807, 2.05) is 42.4 Å². The molecule has 148 valence electrons. The van der Waals surface area contributed by atoms with Crippen molar-refractivity contribution in [1.82, 2.24) is 30.2 Å². The van der Waals surface area contributed by atoms with Crippen LogP contribution in [0.1, 0.15) is 30.5 Å². The number of nitrogens with one attached hydrogen (secondary N) is 1. The van der Waals surface area contributed by atoms with Crippen LogP contribution in [0.5, 0.6) is 0 Å². The lowest BCUT2D eigenvalue weighted by Gasteiger charge is -2.18. The largest absolute Gasteiger partial charge is 0.387 e. The number of nitrogens with zero attached hydrogens (tertiary/aromatic N) is 6. The van der Waals surface area contributed by atoms with Crippen molar-refractivity contribution in [3.8, 4) is 11.5 Å². The number of hydrogen-bond donors (Lipinski definition) is 1. The van der Waals surface area contributed by atoms with Crippen LogP contribution in [0.2, 0.25) is 5.02 Å². The SMILES string of the molecule is CN(Cc1noc(-c2cccc(Cl)c2)n1)c1nnc(C2=CCNC=C2)n1C1CC1. The lowest BCUT2D eigenvalue weighted by atomic mass is 10.2. The van der Waals surface area contributed by atoms with Gasteiger partial charge in [0.2, 0.25) is 5.95 Å². The molecule has 0 spiro atoms. The number of rotatable bonds is 6. The predicted molar refractivity (Wildman–Crippen MR) is 110 cm³/mol. The first-order valence-corrected chi connectivity index (χ1v) is 9.92. The maximum Gasteiger partial charge on any atom is 0.258 e. The van der Waals surface area contributed by atoms with Gasteiger partial charge in [-0.05, 0) is 43.3 Å². The Kier molecular flexibility index (Phi) is 4.55. The summed E-state index contributed by atoms with van der Waals surface area (Å²) in [6.07, 6.45) is 8.39. The molecule has 1 N–H and O–H groups in total. The summed E-state index contributed by atoms with van der Waals surface area (Å²) < 4.78 is 7.64. The minimum atomic E-state index is 0.439. The summed E-state index contributed by atoms with van der Waals surface area (Å²) in [6, 6.07) is 7.80. The van der Waals surface area contributed by atoms with Gasteiger partial charge >= 0.3 is 0 Å². The molecule has 9 heteroatoms. The first-order chi connectivity index (χ1) is 14.2. The van der Waals surface area contributed by atoms with Crippen LogP contribution in [0.4, 0.5) is 5.95 Å². The maximum atomic E-state index is 6.06. The molecule has 3 heterocycles. The van der Waals surface area contributed by atoms with Crippen LogP contribution in [-0.2, 0) is 6.54 Å². The van der Waals surface area contributed by atoms with Crippen molar-refractivity contribution in [1.29, 1.82) is 0 Å². The average Bonchev–Trinajstić information content (AvgIpc) is 3.30. The molecule has 1 aliphatic heterocycles. The molecule has 0 bridgehead atoms. The van der Waals surface area contributed by atoms with Gasteiger partial charge in [-0.3, -0.25) is 4.57 Å². The second kappa shape index (κ2) is 7.36. The molecule has 0 amide bonds. The molecule has 0 radical (unpaired) electrons. The molecule has 1 saturated carbocycles. The Bertz CT molecular complexity index is 1100. The fourth-order valence-corrected chi connectivity index (χ4v) is 3.56. The van der Waals surface area contributed by atoms with Gasteiger partial charge < -0.3 is 14.7 Å². The van der Waals surface area contributed by atoms with E-state index >= 15 is 0 Å². The Morgan fingerprint density at radius 3 is 2.97 bits per heavy atom. The molecule has 0 atom stereocenters. The Labute approximate surface area is 172 Å². The second-order valence-electron chi connectivity index (χ2n) is 7.21. The molecule has 29 heavy (non-hydrogen) atoms. The lowest BCUT2D eigenvalue weighted by molar-refractivity contribution is 0.422. The Hall–Kier alpha value is -3.13. The summed E-state index contributed by atoms with van der Waals surface area (Å²) in [6.45, 7) is 1.26. The van der Waals surface area contributed by atoms with E-state index in [1.54, 1.807) is 6.07 Å². The van der Waals surface area contributed by atoms with Gasteiger partial charge in [0.05, 0.1) is 6.54 Å². The van der Waals surface area contributed by atoms with E-state index in [-0.39, 0.29) is 0 Å². The zero-order chi connectivity index (χ0) is 19.8. The van der Waals surface area contributed by atoms with Crippen molar-refractivity contribution in [3.05, 3.63) is 59.3 Å². The molecule has 0 unspecified atom stereocenters. The molecule has 1 fully saturated rings. The Morgan fingerprint density at radius 1 is 1.31 bits per heavy atom. The quantitative estimate of drug-likeness (QED) is 0.667. The van der Waals surface area contributed by atoms with Gasteiger partial charge in [-0.1, -0.05) is 28.9 Å². The van der Waals surface area contributed by atoms with E-state index in [4.69, 9.17) is 16.1 Å². The predicted octanol–water partition coefficient (Wildman–Crippen LogP) is 3.45. The number of hydrogen-bond acceptors (Lipinski definition) is 7. The molecule has 1 aromatic carbocycles. The topological polar surface area (TPSA) is 84.9 Å². The van der Waals surface area contributed by atoms with Crippen LogP contribution >= 0.6 is 11.6 Å². The number of benzene rings is 1. The summed E-state index contributed by atoms with van der Waals surface area (Å²) >= 11 is 6.06. The summed E-state index contributed by atoms with van der Waals surface area (Å²) in [7, 11) is 1.97. The van der Waals surface area contributed by atoms with Gasteiger partial charge in [-0.25, -0.2) is 0 Å². The molecular formula is C20H20ClN7O. The van der Waals surface area contributed by atoms with Crippen molar-refractivity contribution in [2.75, 3.05) is 18.5 Å². The third kappa shape index (κ3) is 3.63. The van der Waals surface area contributed by atoms with Crippen molar-refractivity contribution in [2.45, 2.75) is 25.4 Å². The molecule has 0 saturated heterocycles. The number of aromatic nitrogens is 5. The van der Waals surface area contributed by atoms with Crippen LogP contribution in [0.25, 0.3) is 17.0 Å². The molecule has 2 aliphatic rings. The monoisotopic (exact) mass is 409 g/mol. The van der Waals surface area contributed by atoms with Crippen LogP contribution < -0.4 is 10.2 Å². The number of dihydropyridines is 1. The minimum Gasteiger partial charge on any atom is -0.387 e. The maximum absolute atomic E-state index is 6.06. The molecular weight excluding hydrogens is 390 g/mol. The molecule has 1 aliphatic carbocycles. The van der Waals surface area contributed by atoms with E-state index in [9.17, 15) is 0 Å². The average molecular weight is 410 g/mol. The van der Waals surface area contributed by atoms with E-state index < -0.39 is 0 Å². The van der Waals surface area contributed by atoms with E-state index in [0.29, 0.717) is 29.3 Å². The second-order valence-corrected chi connectivity index (χ2v) is 7.64. The van der Waals surface area contributed by atoms with E-state index in [0.717, 1.165) is 42.3 Å². The third-order valence-corrected chi connectivity index (χ3v) is 5.16. The highest BCUT2D eigenvalue weighted by Crippen LogP contribution is 2.40. The van der Waals surface area contributed by atoms with Crippen molar-refractivity contribution in [3.63, 3.8) is 0 Å². The lowest BCUT2D eigenvalue weighted by Crippen LogP contribution is -2.22. The van der Waals surface area contributed by atoms with Crippen molar-refractivity contribution >= 4 is 23.1 Å². The van der Waals surface area contributed by atoms with Gasteiger partial charge in [0.25, 0.3) is 5.89 Å². The van der Waals surface area contributed by atoms with Crippen LogP contribution in [-0.4, -0.2) is 38.5 Å². The summed E-state index contributed by atoms with van der Waals surface area (Å²) in [5.41, 5.74) is 1.89. The van der Waals surface area contributed by atoms with Crippen molar-refractivity contribution < 1.29 is 4.52 Å². The zero-order valence-corrected chi connectivity index (χ0v) is 16.7. The van der Waals surface area contributed by atoms with Crippen LogP contribution in [0, 0.1) is 0 Å². The molecule has 5 rings (SSSR count). The van der Waals surface area contributed by atoms with Gasteiger partial charge in [-0.15, -0.1) is 10.2 Å². The summed E-state index contributed by atoms with van der Waals surface area (Å²) in [5.74, 6) is 2.74. The molecule has 8 nitrogen and oxygen atoms in total. The normalized spacial score (nSPS) is 15.9. The summed E-state index contributed by atoms with van der Waals surface area (Å²) in [4.78, 5) is 6.51. The minimum absolute atomic E-state index is 0.439. The number of allylic oxidation sites excluding steroid dienone is 2. The van der Waals surface area contributed by atoms with Crippen LogP contribution in [0.3, 0.4) is 0 Å². The van der Waals surface area contributed by atoms with Gasteiger partial charge in [0.15, 0.2) is 11.6 Å². The Morgan fingerprint density at radius 2 is 2.21 bits per heavy atom. The van der Waals surface area contributed by atoms with Crippen molar-refractivity contribution in [2.24, 2.45) is 0 Å². The Balaban J connectivity index is 1.39. The molecule has 3 aromatic rings.